The van der Waals surface area contributed by atoms with Crippen molar-refractivity contribution < 1.29 is 4.74 Å². The molecule has 0 fully saturated rings. The summed E-state index contributed by atoms with van der Waals surface area (Å²) in [4.78, 5) is 5.39. The molecule has 2 aliphatic rings. The first kappa shape index (κ1) is 24.1. The Bertz CT molecular complexity index is 981. The monoisotopic (exact) mass is 463 g/mol. The number of rotatable bonds is 11. The van der Waals surface area contributed by atoms with Crippen molar-refractivity contribution in [2.75, 3.05) is 0 Å². The van der Waals surface area contributed by atoms with Crippen molar-refractivity contribution in [1.29, 1.82) is 0 Å². The van der Waals surface area contributed by atoms with Crippen LogP contribution in [0, 0.1) is 5.41 Å². The summed E-state index contributed by atoms with van der Waals surface area (Å²) in [7, 11) is 0. The molecule has 2 atom stereocenters. The molecule has 176 valence electrons. The molecule has 0 amide bonds. The minimum Gasteiger partial charge on any atom is -0.467 e. The highest BCUT2D eigenvalue weighted by molar-refractivity contribution is 6.28. The minimum absolute atomic E-state index is 0.390. The molecule has 0 spiro atoms. The van der Waals surface area contributed by atoms with Gasteiger partial charge in [-0.2, -0.15) is 0 Å². The van der Waals surface area contributed by atoms with Gasteiger partial charge in [0.15, 0.2) is 5.54 Å². The van der Waals surface area contributed by atoms with Crippen molar-refractivity contribution in [3.63, 3.8) is 0 Å². The van der Waals surface area contributed by atoms with E-state index in [1.165, 1.54) is 50.7 Å². The topological polar surface area (TPSA) is 21.6 Å². The lowest BCUT2D eigenvalue weighted by atomic mass is 9.73. The van der Waals surface area contributed by atoms with Crippen LogP contribution < -0.4 is 0 Å². The third-order valence-electron chi connectivity index (χ3n) is 7.46. The Kier molecular flexibility index (Phi) is 7.34. The van der Waals surface area contributed by atoms with Gasteiger partial charge in [-0.05, 0) is 38.3 Å². The smallest absolute Gasteiger partial charge is 0.225 e. The van der Waals surface area contributed by atoms with Crippen LogP contribution in [0.25, 0.3) is 5.76 Å². The van der Waals surface area contributed by atoms with Gasteiger partial charge in [-0.25, -0.2) is 0 Å². The van der Waals surface area contributed by atoms with Crippen molar-refractivity contribution in [2.24, 2.45) is 10.4 Å². The van der Waals surface area contributed by atoms with E-state index in [0.29, 0.717) is 0 Å². The van der Waals surface area contributed by atoms with Crippen LogP contribution >= 0.6 is 11.6 Å². The quantitative estimate of drug-likeness (QED) is 0.241. The molecular weight excluding hydrogens is 426 g/mol. The molecule has 2 aromatic carbocycles. The number of hydrogen-bond donors (Lipinski definition) is 0. The van der Waals surface area contributed by atoms with Crippen LogP contribution in [-0.2, 0) is 10.3 Å². The Labute approximate surface area is 205 Å². The summed E-state index contributed by atoms with van der Waals surface area (Å²) < 4.78 is 6.66. The molecule has 2 nitrogen and oxygen atoms in total. The number of alkyl halides is 1. The Hall–Kier alpha value is -2.06. The van der Waals surface area contributed by atoms with Crippen molar-refractivity contribution in [2.45, 2.75) is 89.2 Å². The predicted molar refractivity (Wildman–Crippen MR) is 141 cm³/mol. The third-order valence-corrected chi connectivity index (χ3v) is 8.29. The standard InChI is InChI=1S/C30H38ClNO/c1-4-5-6-7-8-9-10-17-22-27-28(2,3)30(31)29(32-27,25-20-15-12-16-21-25)23-26(33-30)24-18-13-11-14-19-24/h11-16,18-21,23H,4-10,17,22H2,1-3H3/t29-,30+/m1/s1. The van der Waals surface area contributed by atoms with Gasteiger partial charge in [0.2, 0.25) is 5.06 Å². The fraction of sp³-hybridized carbons (Fsp3) is 0.500. The Balaban J connectivity index is 1.58. The number of aliphatic imine (C=N–C) groups is 1. The van der Waals surface area contributed by atoms with Crippen molar-refractivity contribution >= 4 is 23.1 Å². The van der Waals surface area contributed by atoms with E-state index in [1.807, 2.05) is 24.3 Å². The maximum Gasteiger partial charge on any atom is 0.225 e. The second-order valence-corrected chi connectivity index (χ2v) is 10.6. The van der Waals surface area contributed by atoms with Crippen LogP contribution in [0.2, 0.25) is 0 Å². The Morgan fingerprint density at radius 1 is 0.788 bits per heavy atom. The lowest BCUT2D eigenvalue weighted by Gasteiger charge is -2.41. The molecule has 2 heterocycles. The number of benzene rings is 2. The van der Waals surface area contributed by atoms with E-state index in [4.69, 9.17) is 21.3 Å². The number of halogens is 1. The van der Waals surface area contributed by atoms with Crippen LogP contribution in [0.4, 0.5) is 0 Å². The van der Waals surface area contributed by atoms with E-state index in [-0.39, 0.29) is 0 Å². The van der Waals surface area contributed by atoms with E-state index < -0.39 is 16.0 Å². The number of nitrogens with zero attached hydrogens (tertiary/aromatic N) is 1. The zero-order chi connectivity index (χ0) is 23.4. The molecule has 2 aliphatic heterocycles. The van der Waals surface area contributed by atoms with E-state index >= 15 is 0 Å². The molecule has 0 radical (unpaired) electrons. The molecule has 0 saturated carbocycles. The normalized spacial score (nSPS) is 25.3. The van der Waals surface area contributed by atoms with Gasteiger partial charge in [-0.3, -0.25) is 4.99 Å². The zero-order valence-electron chi connectivity index (χ0n) is 20.4. The van der Waals surface area contributed by atoms with Crippen LogP contribution in [0.3, 0.4) is 0 Å². The summed E-state index contributed by atoms with van der Waals surface area (Å²) >= 11 is 7.51. The average molecular weight is 464 g/mol. The molecule has 2 aromatic rings. The van der Waals surface area contributed by atoms with Crippen LogP contribution in [0.5, 0.6) is 0 Å². The molecule has 0 aromatic heterocycles. The lowest BCUT2D eigenvalue weighted by molar-refractivity contribution is 0.0322. The van der Waals surface area contributed by atoms with Crippen molar-refractivity contribution in [3.05, 3.63) is 77.9 Å². The van der Waals surface area contributed by atoms with Gasteiger partial charge in [0.1, 0.15) is 5.76 Å². The summed E-state index contributed by atoms with van der Waals surface area (Å²) in [6, 6.07) is 20.7. The summed E-state index contributed by atoms with van der Waals surface area (Å²) in [5.74, 6) is 0.817. The molecule has 0 aliphatic carbocycles. The highest BCUT2D eigenvalue weighted by Crippen LogP contribution is 2.64. The maximum atomic E-state index is 7.51. The number of unbranched alkanes of at least 4 members (excludes halogenated alkanes) is 7. The van der Waals surface area contributed by atoms with Crippen LogP contribution in [-0.4, -0.2) is 10.8 Å². The predicted octanol–water partition coefficient (Wildman–Crippen LogP) is 8.90. The molecule has 4 rings (SSSR count). The lowest BCUT2D eigenvalue weighted by Crippen LogP contribution is -2.50. The number of hydrogen-bond acceptors (Lipinski definition) is 2. The van der Waals surface area contributed by atoms with Gasteiger partial charge < -0.3 is 4.74 Å². The summed E-state index contributed by atoms with van der Waals surface area (Å²) in [5.41, 5.74) is 2.19. The van der Waals surface area contributed by atoms with E-state index in [0.717, 1.165) is 29.7 Å². The highest BCUT2D eigenvalue weighted by Gasteiger charge is 2.70. The molecule has 0 unspecified atom stereocenters. The van der Waals surface area contributed by atoms with Gasteiger partial charge in [-0.15, -0.1) is 0 Å². The Morgan fingerprint density at radius 2 is 1.36 bits per heavy atom. The maximum absolute atomic E-state index is 7.51. The molecule has 0 saturated heterocycles. The molecule has 33 heavy (non-hydrogen) atoms. The van der Waals surface area contributed by atoms with E-state index in [1.54, 1.807) is 0 Å². The van der Waals surface area contributed by atoms with Crippen molar-refractivity contribution in [3.8, 4) is 0 Å². The van der Waals surface area contributed by atoms with Crippen molar-refractivity contribution in [1.82, 2.24) is 0 Å². The first-order valence-corrected chi connectivity index (χ1v) is 13.1. The first-order valence-electron chi connectivity index (χ1n) is 12.8. The van der Waals surface area contributed by atoms with Gasteiger partial charge >= 0.3 is 0 Å². The first-order chi connectivity index (χ1) is 15.9. The highest BCUT2D eigenvalue weighted by atomic mass is 35.5. The van der Waals surface area contributed by atoms with Crippen LogP contribution in [0.1, 0.15) is 89.7 Å². The molecular formula is C30H38ClNO. The minimum atomic E-state index is -0.984. The second kappa shape index (κ2) is 10.1. The second-order valence-electron chi connectivity index (χ2n) is 10.1. The van der Waals surface area contributed by atoms with Gasteiger partial charge in [0.25, 0.3) is 0 Å². The summed E-state index contributed by atoms with van der Waals surface area (Å²) in [6.07, 6.45) is 13.6. The Morgan fingerprint density at radius 3 is 2.00 bits per heavy atom. The third kappa shape index (κ3) is 4.39. The zero-order valence-corrected chi connectivity index (χ0v) is 21.2. The molecule has 0 N–H and O–H groups in total. The fourth-order valence-electron chi connectivity index (χ4n) is 5.35. The largest absolute Gasteiger partial charge is 0.467 e. The number of ether oxygens (including phenoxy) is 1. The fourth-order valence-corrected chi connectivity index (χ4v) is 5.75. The number of fused-ring (bicyclic) bond motifs is 1. The molecule has 3 heteroatoms. The SMILES string of the molecule is CCCCCCCCCCC1=N[C@@]2(c3ccccc3)C=C(c3ccccc3)O[C@@]2(Cl)C1(C)C. The van der Waals surface area contributed by atoms with E-state index in [2.05, 4.69) is 63.2 Å². The summed E-state index contributed by atoms with van der Waals surface area (Å²) in [6.45, 7) is 6.68. The van der Waals surface area contributed by atoms with Gasteiger partial charge in [0, 0.05) is 11.3 Å². The van der Waals surface area contributed by atoms with E-state index in [9.17, 15) is 0 Å². The summed E-state index contributed by atoms with van der Waals surface area (Å²) in [5, 5.41) is -0.984. The van der Waals surface area contributed by atoms with Gasteiger partial charge in [-0.1, -0.05) is 124 Å². The van der Waals surface area contributed by atoms with Gasteiger partial charge in [0.05, 0.1) is 5.41 Å². The average Bonchev–Trinajstić information content (AvgIpc) is 3.23. The van der Waals surface area contributed by atoms with Crippen LogP contribution in [0.15, 0.2) is 71.7 Å². The molecule has 0 bridgehead atoms.